The van der Waals surface area contributed by atoms with E-state index in [1.165, 1.54) is 12.8 Å². The summed E-state index contributed by atoms with van der Waals surface area (Å²) in [6.07, 6.45) is 12.5. The van der Waals surface area contributed by atoms with E-state index in [4.69, 9.17) is 4.42 Å². The summed E-state index contributed by atoms with van der Waals surface area (Å²) in [6.45, 7) is 0. The minimum absolute atomic E-state index is 0.136. The highest BCUT2D eigenvalue weighted by molar-refractivity contribution is 7.89. The maximum atomic E-state index is 13.9. The van der Waals surface area contributed by atoms with E-state index < -0.39 is 10.0 Å². The number of benzene rings is 1. The molecule has 1 heterocycles. The SMILES string of the molecule is O=S(=O)(c1ccccc1-c1ccco1)N(C1CCCCC1)C1CCCCC1. The Hall–Kier alpha value is -1.59. The second kappa shape index (κ2) is 8.19. The third-order valence-electron chi connectivity index (χ3n) is 6.10. The van der Waals surface area contributed by atoms with Crippen LogP contribution in [0, 0.1) is 0 Å². The van der Waals surface area contributed by atoms with Gasteiger partial charge in [0.25, 0.3) is 0 Å². The topological polar surface area (TPSA) is 50.5 Å². The molecule has 2 fully saturated rings. The number of hydrogen-bond donors (Lipinski definition) is 0. The number of rotatable bonds is 5. The molecule has 5 heteroatoms. The van der Waals surface area contributed by atoms with Crippen molar-refractivity contribution in [1.82, 2.24) is 4.31 Å². The van der Waals surface area contributed by atoms with E-state index in [-0.39, 0.29) is 12.1 Å². The molecule has 146 valence electrons. The maximum absolute atomic E-state index is 13.9. The number of furan rings is 1. The summed E-state index contributed by atoms with van der Waals surface area (Å²) >= 11 is 0. The molecule has 0 spiro atoms. The Labute approximate surface area is 162 Å². The van der Waals surface area contributed by atoms with Gasteiger partial charge in [0.1, 0.15) is 5.76 Å². The smallest absolute Gasteiger partial charge is 0.244 e. The van der Waals surface area contributed by atoms with E-state index in [0.717, 1.165) is 51.4 Å². The van der Waals surface area contributed by atoms with Crippen LogP contribution in [0.1, 0.15) is 64.2 Å². The molecule has 0 saturated heterocycles. The summed E-state index contributed by atoms with van der Waals surface area (Å²) in [7, 11) is -3.58. The summed E-state index contributed by atoms with van der Waals surface area (Å²) in [5.74, 6) is 0.612. The highest BCUT2D eigenvalue weighted by Gasteiger charge is 2.39. The molecule has 0 amide bonds. The van der Waals surface area contributed by atoms with Crippen molar-refractivity contribution in [3.05, 3.63) is 42.7 Å². The zero-order valence-corrected chi connectivity index (χ0v) is 16.7. The summed E-state index contributed by atoms with van der Waals surface area (Å²) in [6, 6.07) is 11.2. The van der Waals surface area contributed by atoms with Gasteiger partial charge >= 0.3 is 0 Å². The zero-order chi connectivity index (χ0) is 18.7. The van der Waals surface area contributed by atoms with Crippen LogP contribution in [-0.2, 0) is 10.0 Å². The molecule has 0 aliphatic heterocycles. The molecule has 2 saturated carbocycles. The first kappa shape index (κ1) is 18.8. The van der Waals surface area contributed by atoms with Gasteiger partial charge in [-0.1, -0.05) is 50.7 Å². The van der Waals surface area contributed by atoms with Crippen LogP contribution < -0.4 is 0 Å². The Bertz CT molecular complexity index is 814. The van der Waals surface area contributed by atoms with Crippen molar-refractivity contribution in [2.45, 2.75) is 81.2 Å². The molecule has 1 aromatic heterocycles. The van der Waals surface area contributed by atoms with Crippen LogP contribution in [0.5, 0.6) is 0 Å². The van der Waals surface area contributed by atoms with Crippen molar-refractivity contribution < 1.29 is 12.8 Å². The molecule has 4 rings (SSSR count). The van der Waals surface area contributed by atoms with Gasteiger partial charge in [0.05, 0.1) is 11.2 Å². The minimum atomic E-state index is -3.58. The molecule has 1 aromatic carbocycles. The standard InChI is InChI=1S/C22H29NO3S/c24-27(25,22-16-8-7-14-20(22)21-15-9-17-26-21)23(18-10-3-1-4-11-18)19-12-5-2-6-13-19/h7-9,14-19H,1-6,10-13H2. The van der Waals surface area contributed by atoms with E-state index in [9.17, 15) is 8.42 Å². The first-order valence-electron chi connectivity index (χ1n) is 10.3. The lowest BCUT2D eigenvalue weighted by molar-refractivity contribution is 0.170. The van der Waals surface area contributed by atoms with Gasteiger partial charge in [0.15, 0.2) is 0 Å². The van der Waals surface area contributed by atoms with E-state index >= 15 is 0 Å². The monoisotopic (exact) mass is 387 g/mol. The quantitative estimate of drug-likeness (QED) is 0.671. The molecule has 0 radical (unpaired) electrons. The predicted molar refractivity (Wildman–Crippen MR) is 107 cm³/mol. The van der Waals surface area contributed by atoms with E-state index in [0.29, 0.717) is 16.2 Å². The average molecular weight is 388 g/mol. The molecule has 0 unspecified atom stereocenters. The van der Waals surface area contributed by atoms with Crippen molar-refractivity contribution in [3.63, 3.8) is 0 Å². The van der Waals surface area contributed by atoms with Crippen molar-refractivity contribution in [3.8, 4) is 11.3 Å². The Balaban J connectivity index is 1.77. The van der Waals surface area contributed by atoms with Crippen LogP contribution in [0.2, 0.25) is 0 Å². The van der Waals surface area contributed by atoms with Gasteiger partial charge in [-0.15, -0.1) is 0 Å². The molecule has 0 atom stereocenters. The van der Waals surface area contributed by atoms with Gasteiger partial charge < -0.3 is 4.42 Å². The first-order chi connectivity index (χ1) is 13.2. The lowest BCUT2D eigenvalue weighted by atomic mass is 9.91. The van der Waals surface area contributed by atoms with E-state index in [2.05, 4.69) is 0 Å². The molecule has 2 aromatic rings. The lowest BCUT2D eigenvalue weighted by Crippen LogP contribution is -2.48. The summed E-state index contributed by atoms with van der Waals surface area (Å²) in [5.41, 5.74) is 0.666. The summed E-state index contributed by atoms with van der Waals surface area (Å²) in [5, 5.41) is 0. The fourth-order valence-corrected chi connectivity index (χ4v) is 6.93. The van der Waals surface area contributed by atoms with Crippen molar-refractivity contribution >= 4 is 10.0 Å². The van der Waals surface area contributed by atoms with E-state index in [1.54, 1.807) is 18.4 Å². The van der Waals surface area contributed by atoms with E-state index in [1.807, 2.05) is 28.6 Å². The second-order valence-corrected chi connectivity index (χ2v) is 9.70. The number of nitrogens with zero attached hydrogens (tertiary/aromatic N) is 1. The Morgan fingerprint density at radius 1 is 0.778 bits per heavy atom. The second-order valence-electron chi connectivity index (χ2n) is 7.89. The van der Waals surface area contributed by atoms with Crippen LogP contribution in [0.3, 0.4) is 0 Å². The molecule has 0 N–H and O–H groups in total. The fourth-order valence-electron chi connectivity index (χ4n) is 4.80. The Kier molecular flexibility index (Phi) is 5.69. The summed E-state index contributed by atoms with van der Waals surface area (Å²) in [4.78, 5) is 0.385. The minimum Gasteiger partial charge on any atom is -0.464 e. The number of sulfonamides is 1. The molecule has 27 heavy (non-hydrogen) atoms. The highest BCUT2D eigenvalue weighted by atomic mass is 32.2. The normalized spacial score (nSPS) is 20.2. The van der Waals surface area contributed by atoms with Gasteiger partial charge in [0, 0.05) is 17.6 Å². The molecular formula is C22H29NO3S. The molecule has 0 bridgehead atoms. The molecular weight excluding hydrogens is 358 g/mol. The van der Waals surface area contributed by atoms with Crippen LogP contribution in [0.4, 0.5) is 0 Å². The van der Waals surface area contributed by atoms with Crippen LogP contribution >= 0.6 is 0 Å². The van der Waals surface area contributed by atoms with Gasteiger partial charge in [-0.3, -0.25) is 0 Å². The third-order valence-corrected chi connectivity index (χ3v) is 8.16. The highest BCUT2D eigenvalue weighted by Crippen LogP contribution is 2.37. The average Bonchev–Trinajstić information content (AvgIpc) is 3.24. The Morgan fingerprint density at radius 2 is 1.37 bits per heavy atom. The van der Waals surface area contributed by atoms with Crippen LogP contribution in [-0.4, -0.2) is 24.8 Å². The summed E-state index contributed by atoms with van der Waals surface area (Å²) < 4.78 is 35.3. The van der Waals surface area contributed by atoms with Crippen LogP contribution in [0.15, 0.2) is 52.0 Å². The van der Waals surface area contributed by atoms with Crippen molar-refractivity contribution in [2.24, 2.45) is 0 Å². The van der Waals surface area contributed by atoms with Crippen molar-refractivity contribution in [1.29, 1.82) is 0 Å². The zero-order valence-electron chi connectivity index (χ0n) is 15.8. The largest absolute Gasteiger partial charge is 0.464 e. The van der Waals surface area contributed by atoms with Gasteiger partial charge in [-0.2, -0.15) is 4.31 Å². The molecule has 4 nitrogen and oxygen atoms in total. The fraction of sp³-hybridized carbons (Fsp3) is 0.545. The molecule has 2 aliphatic carbocycles. The predicted octanol–water partition coefficient (Wildman–Crippen LogP) is 5.60. The third kappa shape index (κ3) is 3.85. The Morgan fingerprint density at radius 3 is 1.93 bits per heavy atom. The first-order valence-corrected chi connectivity index (χ1v) is 11.8. The lowest BCUT2D eigenvalue weighted by Gasteiger charge is -2.40. The maximum Gasteiger partial charge on any atom is 0.244 e. The van der Waals surface area contributed by atoms with Crippen LogP contribution in [0.25, 0.3) is 11.3 Å². The van der Waals surface area contributed by atoms with Gasteiger partial charge in [-0.05, 0) is 49.9 Å². The number of hydrogen-bond acceptors (Lipinski definition) is 3. The van der Waals surface area contributed by atoms with Gasteiger partial charge in [0.2, 0.25) is 10.0 Å². The van der Waals surface area contributed by atoms with Gasteiger partial charge in [-0.25, -0.2) is 8.42 Å². The molecule has 2 aliphatic rings. The van der Waals surface area contributed by atoms with Crippen molar-refractivity contribution in [2.75, 3.05) is 0 Å².